The summed E-state index contributed by atoms with van der Waals surface area (Å²) >= 11 is 0. The summed E-state index contributed by atoms with van der Waals surface area (Å²) in [4.78, 5) is 41.1. The summed E-state index contributed by atoms with van der Waals surface area (Å²) in [5.41, 5.74) is 2.11. The van der Waals surface area contributed by atoms with Crippen LogP contribution in [0.4, 0.5) is 11.4 Å². The zero-order valence-electron chi connectivity index (χ0n) is 16.6. The van der Waals surface area contributed by atoms with Crippen LogP contribution in [0.15, 0.2) is 54.6 Å². The van der Waals surface area contributed by atoms with Gasteiger partial charge in [-0.05, 0) is 17.7 Å². The third kappa shape index (κ3) is 4.27. The van der Waals surface area contributed by atoms with Gasteiger partial charge in [-0.2, -0.15) is 0 Å². The molecule has 2 fully saturated rings. The Kier molecular flexibility index (Phi) is 5.65. The molecule has 0 saturated carbocycles. The summed E-state index contributed by atoms with van der Waals surface area (Å²) in [7, 11) is 0. The van der Waals surface area contributed by atoms with Crippen LogP contribution in [0, 0.1) is 10.1 Å². The predicted molar refractivity (Wildman–Crippen MR) is 112 cm³/mol. The second kappa shape index (κ2) is 8.52. The lowest BCUT2D eigenvalue weighted by Crippen LogP contribution is -2.51. The summed E-state index contributed by atoms with van der Waals surface area (Å²) in [6, 6.07) is 16.4. The minimum atomic E-state index is -0.414. The van der Waals surface area contributed by atoms with Gasteiger partial charge in [0, 0.05) is 62.9 Å². The fourth-order valence-electron chi connectivity index (χ4n) is 4.14. The number of carbonyl (C=O) groups is 2. The van der Waals surface area contributed by atoms with Gasteiger partial charge in [0.15, 0.2) is 0 Å². The van der Waals surface area contributed by atoms with Crippen LogP contribution < -0.4 is 4.90 Å². The highest BCUT2D eigenvalue weighted by Crippen LogP contribution is 2.28. The Morgan fingerprint density at radius 3 is 2.30 bits per heavy atom. The van der Waals surface area contributed by atoms with Gasteiger partial charge in [0.25, 0.3) is 5.69 Å². The number of rotatable bonds is 5. The van der Waals surface area contributed by atoms with E-state index in [1.165, 1.54) is 12.1 Å². The van der Waals surface area contributed by atoms with Crippen molar-refractivity contribution in [1.29, 1.82) is 0 Å². The number of nitrogens with zero attached hydrogens (tertiary/aromatic N) is 4. The second-order valence-electron chi connectivity index (χ2n) is 7.73. The number of likely N-dealkylation sites (tertiary alicyclic amines) is 1. The molecule has 2 aromatic carbocycles. The van der Waals surface area contributed by atoms with E-state index in [0.717, 1.165) is 11.3 Å². The van der Waals surface area contributed by atoms with E-state index >= 15 is 0 Å². The molecular weight excluding hydrogens is 384 g/mol. The van der Waals surface area contributed by atoms with Crippen molar-refractivity contribution in [3.63, 3.8) is 0 Å². The summed E-state index contributed by atoms with van der Waals surface area (Å²) in [6.45, 7) is 3.16. The lowest BCUT2D eigenvalue weighted by Gasteiger charge is -2.36. The van der Waals surface area contributed by atoms with Gasteiger partial charge < -0.3 is 14.7 Å². The van der Waals surface area contributed by atoms with E-state index in [4.69, 9.17) is 0 Å². The Morgan fingerprint density at radius 2 is 1.67 bits per heavy atom. The molecule has 0 aliphatic carbocycles. The highest BCUT2D eigenvalue weighted by atomic mass is 16.6. The first-order chi connectivity index (χ1) is 14.5. The van der Waals surface area contributed by atoms with Crippen molar-refractivity contribution in [3.8, 4) is 0 Å². The maximum atomic E-state index is 12.7. The smallest absolute Gasteiger partial charge is 0.269 e. The van der Waals surface area contributed by atoms with E-state index in [1.54, 1.807) is 21.9 Å². The number of nitro benzene ring substituents is 1. The number of nitro groups is 1. The first-order valence-corrected chi connectivity index (χ1v) is 10.1. The molecule has 0 N–H and O–H groups in total. The highest BCUT2D eigenvalue weighted by Gasteiger charge is 2.33. The molecule has 2 aromatic rings. The Labute approximate surface area is 174 Å². The highest BCUT2D eigenvalue weighted by molar-refractivity contribution is 5.86. The fraction of sp³-hybridized carbons (Fsp3) is 0.364. The maximum Gasteiger partial charge on any atom is 0.269 e. The molecule has 4 rings (SSSR count). The van der Waals surface area contributed by atoms with Crippen LogP contribution in [0.25, 0.3) is 0 Å². The van der Waals surface area contributed by atoms with E-state index in [0.29, 0.717) is 39.1 Å². The predicted octanol–water partition coefficient (Wildman–Crippen LogP) is 2.26. The van der Waals surface area contributed by atoms with Crippen molar-refractivity contribution in [1.82, 2.24) is 9.80 Å². The number of piperazine rings is 1. The molecule has 2 amide bonds. The fourth-order valence-corrected chi connectivity index (χ4v) is 4.14. The Balaban J connectivity index is 1.29. The minimum absolute atomic E-state index is 0.0274. The van der Waals surface area contributed by atoms with Gasteiger partial charge in [-0.1, -0.05) is 30.3 Å². The molecule has 1 atom stereocenters. The monoisotopic (exact) mass is 408 g/mol. The molecule has 156 valence electrons. The van der Waals surface area contributed by atoms with Crippen LogP contribution in [-0.2, 0) is 9.59 Å². The zero-order valence-corrected chi connectivity index (χ0v) is 16.6. The van der Waals surface area contributed by atoms with Crippen LogP contribution in [0.5, 0.6) is 0 Å². The molecular formula is C22H24N4O4. The number of benzene rings is 2. The van der Waals surface area contributed by atoms with E-state index in [2.05, 4.69) is 4.90 Å². The van der Waals surface area contributed by atoms with Crippen LogP contribution in [0.1, 0.15) is 17.9 Å². The molecule has 8 heteroatoms. The second-order valence-corrected chi connectivity index (χ2v) is 7.73. The topological polar surface area (TPSA) is 87.0 Å². The van der Waals surface area contributed by atoms with Crippen molar-refractivity contribution in [3.05, 3.63) is 70.3 Å². The van der Waals surface area contributed by atoms with Gasteiger partial charge in [0.05, 0.1) is 11.5 Å². The maximum absolute atomic E-state index is 12.7. The summed E-state index contributed by atoms with van der Waals surface area (Å²) < 4.78 is 0. The number of anilines is 1. The number of amides is 2. The van der Waals surface area contributed by atoms with Crippen LogP contribution in [0.3, 0.4) is 0 Å². The molecule has 0 spiro atoms. The minimum Gasteiger partial charge on any atom is -0.368 e. The number of non-ortho nitro benzene ring substituents is 1. The average molecular weight is 408 g/mol. The first kappa shape index (κ1) is 19.9. The van der Waals surface area contributed by atoms with Gasteiger partial charge in [0.2, 0.25) is 11.8 Å². The van der Waals surface area contributed by atoms with E-state index in [1.807, 2.05) is 30.3 Å². The van der Waals surface area contributed by atoms with Gasteiger partial charge in [-0.15, -0.1) is 0 Å². The first-order valence-electron chi connectivity index (χ1n) is 10.1. The SMILES string of the molecule is O=C(CN1C[C@H](c2ccccc2)CC1=O)N1CCN(c2ccc([N+](=O)[O-])cc2)CC1. The Bertz CT molecular complexity index is 924. The molecule has 0 unspecified atom stereocenters. The molecule has 8 nitrogen and oxygen atoms in total. The van der Waals surface area contributed by atoms with Crippen molar-refractivity contribution >= 4 is 23.2 Å². The number of carbonyl (C=O) groups excluding carboxylic acids is 2. The van der Waals surface area contributed by atoms with Crippen molar-refractivity contribution in [2.45, 2.75) is 12.3 Å². The van der Waals surface area contributed by atoms with E-state index in [9.17, 15) is 19.7 Å². The van der Waals surface area contributed by atoms with E-state index in [-0.39, 0.29) is 30.0 Å². The molecule has 2 aliphatic rings. The molecule has 0 aromatic heterocycles. The number of hydrogen-bond donors (Lipinski definition) is 0. The quantitative estimate of drug-likeness (QED) is 0.559. The van der Waals surface area contributed by atoms with Crippen LogP contribution in [0.2, 0.25) is 0 Å². The molecule has 2 heterocycles. The summed E-state index contributed by atoms with van der Waals surface area (Å²) in [5, 5.41) is 10.8. The third-order valence-electron chi connectivity index (χ3n) is 5.87. The van der Waals surface area contributed by atoms with Crippen molar-refractivity contribution in [2.24, 2.45) is 0 Å². The Morgan fingerprint density at radius 1 is 1.00 bits per heavy atom. The largest absolute Gasteiger partial charge is 0.368 e. The normalized spacial score (nSPS) is 19.3. The molecule has 30 heavy (non-hydrogen) atoms. The lowest BCUT2D eigenvalue weighted by molar-refractivity contribution is -0.384. The van der Waals surface area contributed by atoms with Crippen molar-refractivity contribution in [2.75, 3.05) is 44.2 Å². The van der Waals surface area contributed by atoms with Crippen LogP contribution in [-0.4, -0.2) is 65.8 Å². The molecule has 0 radical (unpaired) electrons. The van der Waals surface area contributed by atoms with Crippen LogP contribution >= 0.6 is 0 Å². The summed E-state index contributed by atoms with van der Waals surface area (Å²) in [5.74, 6) is 0.146. The van der Waals surface area contributed by atoms with Crippen molar-refractivity contribution < 1.29 is 14.5 Å². The van der Waals surface area contributed by atoms with Gasteiger partial charge in [-0.25, -0.2) is 0 Å². The van der Waals surface area contributed by atoms with Gasteiger partial charge in [-0.3, -0.25) is 19.7 Å². The number of hydrogen-bond acceptors (Lipinski definition) is 5. The van der Waals surface area contributed by atoms with E-state index < -0.39 is 4.92 Å². The summed E-state index contributed by atoms with van der Waals surface area (Å²) in [6.07, 6.45) is 0.450. The Hall–Kier alpha value is -3.42. The lowest BCUT2D eigenvalue weighted by atomic mass is 9.99. The molecule has 2 saturated heterocycles. The van der Waals surface area contributed by atoms with Gasteiger partial charge >= 0.3 is 0 Å². The molecule has 2 aliphatic heterocycles. The standard InChI is InChI=1S/C22H24N4O4/c27-21-14-18(17-4-2-1-3-5-17)15-25(21)16-22(28)24-12-10-23(11-13-24)19-6-8-20(9-7-19)26(29)30/h1-9,18H,10-16H2/t18-/m1/s1. The molecule has 0 bridgehead atoms. The third-order valence-corrected chi connectivity index (χ3v) is 5.87. The zero-order chi connectivity index (χ0) is 21.1. The average Bonchev–Trinajstić information content (AvgIpc) is 3.14. The van der Waals surface area contributed by atoms with Gasteiger partial charge in [0.1, 0.15) is 0 Å².